The van der Waals surface area contributed by atoms with Crippen molar-refractivity contribution < 1.29 is 17.9 Å². The third kappa shape index (κ3) is 4.96. The zero-order valence-corrected chi connectivity index (χ0v) is 10.4. The molecule has 0 spiro atoms. The van der Waals surface area contributed by atoms with Gasteiger partial charge < -0.3 is 10.1 Å². The predicted octanol–water partition coefficient (Wildman–Crippen LogP) is 3.47. The molecule has 1 aromatic rings. The molecule has 0 aliphatic carbocycles. The van der Waals surface area contributed by atoms with E-state index in [1.165, 1.54) is 12.1 Å². The van der Waals surface area contributed by atoms with Crippen molar-refractivity contribution in [3.05, 3.63) is 29.8 Å². The summed E-state index contributed by atoms with van der Waals surface area (Å²) in [5, 5.41) is 3.16. The summed E-state index contributed by atoms with van der Waals surface area (Å²) in [5.41, 5.74) is -0.716. The van der Waals surface area contributed by atoms with Gasteiger partial charge in [-0.15, -0.1) is 0 Å². The number of rotatable bonds is 7. The molecule has 1 rings (SSSR count). The lowest BCUT2D eigenvalue weighted by Crippen LogP contribution is -2.18. The van der Waals surface area contributed by atoms with Crippen LogP contribution in [0, 0.1) is 0 Å². The molecule has 0 radical (unpaired) electrons. The molecule has 0 bridgehead atoms. The fourth-order valence-electron chi connectivity index (χ4n) is 1.51. The van der Waals surface area contributed by atoms with Crippen LogP contribution in [0.25, 0.3) is 0 Å². The lowest BCUT2D eigenvalue weighted by atomic mass is 10.2. The number of nitrogens with one attached hydrogen (secondary N) is 1. The van der Waals surface area contributed by atoms with Gasteiger partial charge in [-0.05, 0) is 38.1 Å². The van der Waals surface area contributed by atoms with Gasteiger partial charge in [0.15, 0.2) is 0 Å². The smallest absolute Gasteiger partial charge is 0.419 e. The summed E-state index contributed by atoms with van der Waals surface area (Å²) < 4.78 is 43.1. The fourth-order valence-corrected chi connectivity index (χ4v) is 1.51. The van der Waals surface area contributed by atoms with Crippen LogP contribution in [0.15, 0.2) is 24.3 Å². The number of benzene rings is 1. The normalized spacial score (nSPS) is 11.6. The van der Waals surface area contributed by atoms with E-state index in [2.05, 4.69) is 12.2 Å². The van der Waals surface area contributed by atoms with Gasteiger partial charge in [0, 0.05) is 0 Å². The molecule has 0 saturated heterocycles. The maximum absolute atomic E-state index is 12.6. The minimum Gasteiger partial charge on any atom is -0.493 e. The van der Waals surface area contributed by atoms with Crippen LogP contribution in [-0.2, 0) is 6.18 Å². The van der Waals surface area contributed by atoms with Gasteiger partial charge >= 0.3 is 6.18 Å². The van der Waals surface area contributed by atoms with Crippen LogP contribution >= 0.6 is 0 Å². The SMILES string of the molecule is CCCNCCCOc1ccccc1C(F)(F)F. The molecular formula is C13H18F3NO. The van der Waals surface area contributed by atoms with Crippen LogP contribution in [0.1, 0.15) is 25.3 Å². The van der Waals surface area contributed by atoms with Gasteiger partial charge in [0.05, 0.1) is 12.2 Å². The van der Waals surface area contributed by atoms with Crippen LogP contribution in [0.4, 0.5) is 13.2 Å². The van der Waals surface area contributed by atoms with Gasteiger partial charge in [-0.1, -0.05) is 19.1 Å². The molecule has 0 aliphatic rings. The molecule has 0 heterocycles. The molecule has 102 valence electrons. The molecule has 0 fully saturated rings. The first-order valence-corrected chi connectivity index (χ1v) is 6.05. The molecule has 1 aromatic carbocycles. The van der Waals surface area contributed by atoms with Crippen molar-refractivity contribution in [2.45, 2.75) is 25.9 Å². The summed E-state index contributed by atoms with van der Waals surface area (Å²) in [6.07, 6.45) is -2.64. The highest BCUT2D eigenvalue weighted by atomic mass is 19.4. The first kappa shape index (κ1) is 14.8. The van der Waals surface area contributed by atoms with E-state index in [9.17, 15) is 13.2 Å². The molecule has 0 atom stereocenters. The minimum absolute atomic E-state index is 0.0968. The highest BCUT2D eigenvalue weighted by Crippen LogP contribution is 2.35. The second-order valence-corrected chi connectivity index (χ2v) is 3.95. The molecular weight excluding hydrogens is 243 g/mol. The fraction of sp³-hybridized carbons (Fsp3) is 0.538. The molecule has 18 heavy (non-hydrogen) atoms. The van der Waals surface area contributed by atoms with Gasteiger partial charge in [0.2, 0.25) is 0 Å². The lowest BCUT2D eigenvalue weighted by molar-refractivity contribution is -0.138. The Labute approximate surface area is 105 Å². The van der Waals surface area contributed by atoms with E-state index in [1.54, 1.807) is 6.07 Å². The molecule has 2 nitrogen and oxygen atoms in total. The predicted molar refractivity (Wildman–Crippen MR) is 64.7 cm³/mol. The van der Waals surface area contributed by atoms with E-state index >= 15 is 0 Å². The summed E-state index contributed by atoms with van der Waals surface area (Å²) >= 11 is 0. The Balaban J connectivity index is 2.43. The maximum Gasteiger partial charge on any atom is 0.419 e. The number of ether oxygens (including phenoxy) is 1. The van der Waals surface area contributed by atoms with E-state index in [1.807, 2.05) is 0 Å². The number of alkyl halides is 3. The first-order valence-electron chi connectivity index (χ1n) is 6.05. The van der Waals surface area contributed by atoms with E-state index in [4.69, 9.17) is 4.74 Å². The summed E-state index contributed by atoms with van der Waals surface area (Å²) in [5.74, 6) is -0.0968. The first-order chi connectivity index (χ1) is 8.55. The molecule has 5 heteroatoms. The second-order valence-electron chi connectivity index (χ2n) is 3.95. The molecule has 0 aliphatic heterocycles. The van der Waals surface area contributed by atoms with Crippen LogP contribution in [0.2, 0.25) is 0 Å². The van der Waals surface area contributed by atoms with Gasteiger partial charge in [-0.25, -0.2) is 0 Å². The average Bonchev–Trinajstić information content (AvgIpc) is 2.33. The van der Waals surface area contributed by atoms with Crippen molar-refractivity contribution in [3.63, 3.8) is 0 Å². The lowest BCUT2D eigenvalue weighted by Gasteiger charge is -2.13. The minimum atomic E-state index is -4.36. The van der Waals surface area contributed by atoms with Gasteiger partial charge in [0.1, 0.15) is 5.75 Å². The molecule has 0 unspecified atom stereocenters. The Morgan fingerprint density at radius 1 is 1.17 bits per heavy atom. The zero-order valence-electron chi connectivity index (χ0n) is 10.4. The van der Waals surface area contributed by atoms with E-state index in [0.29, 0.717) is 6.42 Å². The Bertz CT molecular complexity index is 352. The zero-order chi connectivity index (χ0) is 13.4. The Hall–Kier alpha value is -1.23. The monoisotopic (exact) mass is 261 g/mol. The Morgan fingerprint density at radius 2 is 1.89 bits per heavy atom. The van der Waals surface area contributed by atoms with E-state index < -0.39 is 11.7 Å². The largest absolute Gasteiger partial charge is 0.493 e. The van der Waals surface area contributed by atoms with Crippen molar-refractivity contribution in [1.29, 1.82) is 0 Å². The van der Waals surface area contributed by atoms with Crippen molar-refractivity contribution in [2.75, 3.05) is 19.7 Å². The quantitative estimate of drug-likeness (QED) is 0.759. The molecule has 0 saturated carbocycles. The van der Waals surface area contributed by atoms with E-state index in [0.717, 1.165) is 25.6 Å². The van der Waals surface area contributed by atoms with Crippen molar-refractivity contribution in [2.24, 2.45) is 0 Å². The van der Waals surface area contributed by atoms with Gasteiger partial charge in [0.25, 0.3) is 0 Å². The highest BCUT2D eigenvalue weighted by Gasteiger charge is 2.33. The highest BCUT2D eigenvalue weighted by molar-refractivity contribution is 5.35. The summed E-state index contributed by atoms with van der Waals surface area (Å²) in [6, 6.07) is 5.28. The van der Waals surface area contributed by atoms with E-state index in [-0.39, 0.29) is 12.4 Å². The summed E-state index contributed by atoms with van der Waals surface area (Å²) in [4.78, 5) is 0. The third-order valence-electron chi connectivity index (χ3n) is 2.37. The van der Waals surface area contributed by atoms with Crippen LogP contribution in [0.5, 0.6) is 5.75 Å². The number of halogens is 3. The Kier molecular flexibility index (Phi) is 5.98. The Morgan fingerprint density at radius 3 is 2.56 bits per heavy atom. The van der Waals surface area contributed by atoms with Gasteiger partial charge in [-0.3, -0.25) is 0 Å². The topological polar surface area (TPSA) is 21.3 Å². The average molecular weight is 261 g/mol. The molecule has 0 amide bonds. The van der Waals surface area contributed by atoms with Crippen molar-refractivity contribution >= 4 is 0 Å². The third-order valence-corrected chi connectivity index (χ3v) is 2.37. The molecule has 0 aromatic heterocycles. The second kappa shape index (κ2) is 7.26. The standard InChI is InChI=1S/C13H18F3NO/c1-2-8-17-9-5-10-18-12-7-4-3-6-11(12)13(14,15)16/h3-4,6-7,17H,2,5,8-10H2,1H3. The van der Waals surface area contributed by atoms with Gasteiger partial charge in [-0.2, -0.15) is 13.2 Å². The summed E-state index contributed by atoms with van der Waals surface area (Å²) in [7, 11) is 0. The summed E-state index contributed by atoms with van der Waals surface area (Å²) in [6.45, 7) is 4.01. The molecule has 1 N–H and O–H groups in total. The van der Waals surface area contributed by atoms with Crippen molar-refractivity contribution in [3.8, 4) is 5.75 Å². The number of hydrogen-bond acceptors (Lipinski definition) is 2. The van der Waals surface area contributed by atoms with Crippen LogP contribution in [0.3, 0.4) is 0 Å². The maximum atomic E-state index is 12.6. The van der Waals surface area contributed by atoms with Crippen LogP contribution in [-0.4, -0.2) is 19.7 Å². The van der Waals surface area contributed by atoms with Crippen LogP contribution < -0.4 is 10.1 Å². The van der Waals surface area contributed by atoms with Crippen molar-refractivity contribution in [1.82, 2.24) is 5.32 Å². The number of hydrogen-bond donors (Lipinski definition) is 1. The number of para-hydroxylation sites is 1.